The molecule has 176 valence electrons. The second-order valence-electron chi connectivity index (χ2n) is 14.5. The van der Waals surface area contributed by atoms with Crippen LogP contribution >= 0.6 is 0 Å². The maximum Gasteiger partial charge on any atom is 0.136 e. The Labute approximate surface area is 191 Å². The molecule has 0 aromatic rings. The van der Waals surface area contributed by atoms with Gasteiger partial charge in [0.05, 0.1) is 0 Å². The summed E-state index contributed by atoms with van der Waals surface area (Å²) in [4.78, 5) is 12.7. The predicted molar refractivity (Wildman–Crippen MR) is 127 cm³/mol. The molecule has 0 amide bonds. The molecule has 5 saturated carbocycles. The first-order chi connectivity index (χ1) is 14.4. The molecule has 0 aliphatic heterocycles. The van der Waals surface area contributed by atoms with Crippen molar-refractivity contribution in [2.24, 2.45) is 56.7 Å². The van der Waals surface area contributed by atoms with Gasteiger partial charge in [-0.25, -0.2) is 0 Å². The number of hydrogen-bond donors (Lipinski definition) is 1. The molecule has 5 rings (SSSR count). The summed E-state index contributed by atoms with van der Waals surface area (Å²) in [6.07, 6.45) is 13.6. The zero-order chi connectivity index (χ0) is 22.4. The second-order valence-corrected chi connectivity index (χ2v) is 14.5. The van der Waals surface area contributed by atoms with Gasteiger partial charge in [-0.3, -0.25) is 4.79 Å². The van der Waals surface area contributed by atoms with E-state index in [-0.39, 0.29) is 16.7 Å². The number of carbonyl (C=O) groups excluding carboxylic acids is 1. The topological polar surface area (TPSA) is 37.3 Å². The first-order valence-electron chi connectivity index (χ1n) is 13.6. The quantitative estimate of drug-likeness (QED) is 0.486. The van der Waals surface area contributed by atoms with Crippen LogP contribution in [0, 0.1) is 56.7 Å². The zero-order valence-corrected chi connectivity index (χ0v) is 21.2. The first kappa shape index (κ1) is 22.4. The van der Waals surface area contributed by atoms with E-state index in [9.17, 15) is 9.90 Å². The number of carbonyl (C=O) groups is 1. The van der Waals surface area contributed by atoms with Gasteiger partial charge < -0.3 is 5.11 Å². The molecule has 0 spiro atoms. The molecule has 0 aromatic heterocycles. The van der Waals surface area contributed by atoms with Crippen LogP contribution < -0.4 is 0 Å². The van der Waals surface area contributed by atoms with Crippen molar-refractivity contribution >= 4 is 5.78 Å². The van der Waals surface area contributed by atoms with E-state index in [2.05, 4.69) is 41.5 Å². The van der Waals surface area contributed by atoms with E-state index >= 15 is 0 Å². The van der Waals surface area contributed by atoms with Crippen molar-refractivity contribution in [1.82, 2.24) is 0 Å². The highest BCUT2D eigenvalue weighted by molar-refractivity contribution is 5.82. The van der Waals surface area contributed by atoms with Gasteiger partial charge in [0, 0.05) is 18.9 Å². The summed E-state index contributed by atoms with van der Waals surface area (Å²) in [6.45, 7) is 15.4. The van der Waals surface area contributed by atoms with E-state index in [1.807, 2.05) is 0 Å². The van der Waals surface area contributed by atoms with E-state index in [0.717, 1.165) is 24.7 Å². The lowest BCUT2D eigenvalue weighted by atomic mass is 9.33. The average Bonchev–Trinajstić information content (AvgIpc) is 2.70. The van der Waals surface area contributed by atoms with Gasteiger partial charge in [-0.1, -0.05) is 41.5 Å². The normalized spacial score (nSPS) is 56.1. The van der Waals surface area contributed by atoms with E-state index in [4.69, 9.17) is 0 Å². The van der Waals surface area contributed by atoms with Gasteiger partial charge in [-0.2, -0.15) is 0 Å². The Morgan fingerprint density at radius 1 is 0.774 bits per heavy atom. The van der Waals surface area contributed by atoms with Crippen LogP contribution in [0.4, 0.5) is 0 Å². The Balaban J connectivity index is 1.51. The molecule has 0 saturated heterocycles. The van der Waals surface area contributed by atoms with Crippen LogP contribution in [0.1, 0.15) is 112 Å². The Hall–Kier alpha value is -0.370. The van der Waals surface area contributed by atoms with Crippen LogP contribution in [-0.4, -0.2) is 17.5 Å². The van der Waals surface area contributed by atoms with Crippen molar-refractivity contribution in [2.45, 2.75) is 112 Å². The van der Waals surface area contributed by atoms with E-state index in [1.165, 1.54) is 57.8 Å². The minimum absolute atomic E-state index is 0.197. The highest BCUT2D eigenvalue weighted by Crippen LogP contribution is 2.74. The molecule has 1 N–H and O–H groups in total. The summed E-state index contributed by atoms with van der Waals surface area (Å²) in [5, 5.41) is 10.6. The lowest BCUT2D eigenvalue weighted by Gasteiger charge is -2.71. The lowest BCUT2D eigenvalue weighted by molar-refractivity contribution is -0.225. The fourth-order valence-electron chi connectivity index (χ4n) is 10.9. The first-order valence-corrected chi connectivity index (χ1v) is 13.6. The second kappa shape index (κ2) is 6.83. The molecule has 9 atom stereocenters. The standard InChI is InChI=1S/C29H48O2/c1-19-22(31)7-8-23-26(19,4)12-10-24-27(5)14-16-29(18-30)15-13-25(2,3)17-21(29)20(27)9-11-28(23,24)6/h19-21,23-24,30H,7-18H2,1-6H3/t19-,20?,21-,23+,24+,26+,27+,28-,29+/m0/s1. The number of fused-ring (bicyclic) bond motifs is 7. The van der Waals surface area contributed by atoms with Gasteiger partial charge in [0.15, 0.2) is 0 Å². The Kier molecular flexibility index (Phi) is 4.94. The van der Waals surface area contributed by atoms with E-state index < -0.39 is 0 Å². The highest BCUT2D eigenvalue weighted by atomic mass is 16.3. The van der Waals surface area contributed by atoms with Crippen molar-refractivity contribution in [3.8, 4) is 0 Å². The molecular formula is C29H48O2. The van der Waals surface area contributed by atoms with Gasteiger partial charge in [-0.05, 0) is 115 Å². The zero-order valence-electron chi connectivity index (χ0n) is 21.2. The number of ketones is 1. The molecule has 31 heavy (non-hydrogen) atoms. The Morgan fingerprint density at radius 3 is 2.13 bits per heavy atom. The third-order valence-corrected chi connectivity index (χ3v) is 13.0. The molecule has 5 aliphatic carbocycles. The van der Waals surface area contributed by atoms with Gasteiger partial charge in [0.2, 0.25) is 0 Å². The van der Waals surface area contributed by atoms with Crippen LogP contribution in [0.2, 0.25) is 0 Å². The maximum atomic E-state index is 12.7. The number of aliphatic hydroxyl groups is 1. The molecular weight excluding hydrogens is 380 g/mol. The van der Waals surface area contributed by atoms with Crippen LogP contribution in [0.15, 0.2) is 0 Å². The number of aliphatic hydroxyl groups excluding tert-OH is 1. The predicted octanol–water partition coefficient (Wildman–Crippen LogP) is 7.04. The Morgan fingerprint density at radius 2 is 1.42 bits per heavy atom. The van der Waals surface area contributed by atoms with Crippen molar-refractivity contribution in [3.63, 3.8) is 0 Å². The summed E-state index contributed by atoms with van der Waals surface area (Å²) < 4.78 is 0. The van der Waals surface area contributed by atoms with Crippen molar-refractivity contribution in [2.75, 3.05) is 6.61 Å². The minimum Gasteiger partial charge on any atom is -0.396 e. The van der Waals surface area contributed by atoms with Crippen LogP contribution in [0.25, 0.3) is 0 Å². The largest absolute Gasteiger partial charge is 0.396 e. The minimum atomic E-state index is 0.197. The third kappa shape index (κ3) is 2.88. The Bertz CT molecular complexity index is 756. The van der Waals surface area contributed by atoms with Crippen LogP contribution in [0.5, 0.6) is 0 Å². The molecule has 0 aromatic carbocycles. The molecule has 0 radical (unpaired) electrons. The molecule has 1 unspecified atom stereocenters. The SMILES string of the molecule is C[C@H]1C(=O)CC[C@@H]2[C@]1(C)CC[C@H]1[C@@]2(C)CCC2[C@@H]3CC(C)(C)CC[C@]3(CO)CC[C@]21C. The van der Waals surface area contributed by atoms with Crippen molar-refractivity contribution < 1.29 is 9.90 Å². The summed E-state index contributed by atoms with van der Waals surface area (Å²) in [7, 11) is 0. The average molecular weight is 429 g/mol. The van der Waals surface area contributed by atoms with Gasteiger partial charge in [0.1, 0.15) is 5.78 Å². The molecule has 0 bridgehead atoms. The smallest absolute Gasteiger partial charge is 0.136 e. The highest BCUT2D eigenvalue weighted by Gasteiger charge is 2.67. The summed E-state index contributed by atoms with van der Waals surface area (Å²) in [5.41, 5.74) is 1.63. The van der Waals surface area contributed by atoms with Gasteiger partial charge >= 0.3 is 0 Å². The summed E-state index contributed by atoms with van der Waals surface area (Å²) in [5.74, 6) is 3.73. The fourth-order valence-corrected chi connectivity index (χ4v) is 10.9. The lowest BCUT2D eigenvalue weighted by Crippen LogP contribution is -2.64. The fraction of sp³-hybridized carbons (Fsp3) is 0.966. The summed E-state index contributed by atoms with van der Waals surface area (Å²) in [6, 6.07) is 0. The number of rotatable bonds is 1. The van der Waals surface area contributed by atoms with Crippen LogP contribution in [-0.2, 0) is 4.79 Å². The van der Waals surface area contributed by atoms with Gasteiger partial charge in [0.25, 0.3) is 0 Å². The van der Waals surface area contributed by atoms with E-state index in [1.54, 1.807) is 0 Å². The third-order valence-electron chi connectivity index (χ3n) is 13.0. The van der Waals surface area contributed by atoms with Crippen molar-refractivity contribution in [3.05, 3.63) is 0 Å². The maximum absolute atomic E-state index is 12.7. The molecule has 2 nitrogen and oxygen atoms in total. The van der Waals surface area contributed by atoms with Crippen molar-refractivity contribution in [1.29, 1.82) is 0 Å². The summed E-state index contributed by atoms with van der Waals surface area (Å²) >= 11 is 0. The monoisotopic (exact) mass is 428 g/mol. The van der Waals surface area contributed by atoms with Gasteiger partial charge in [-0.15, -0.1) is 0 Å². The number of hydrogen-bond acceptors (Lipinski definition) is 2. The molecule has 5 fully saturated rings. The van der Waals surface area contributed by atoms with Crippen LogP contribution in [0.3, 0.4) is 0 Å². The molecule has 2 heteroatoms. The van der Waals surface area contributed by atoms with E-state index in [0.29, 0.717) is 40.5 Å². The molecule has 5 aliphatic rings. The number of Topliss-reactive ketones (excluding diaryl/α,β-unsaturated/α-hetero) is 1. The molecule has 0 heterocycles.